The fraction of sp³-hybridized carbons (Fsp3) is 0.421. The van der Waals surface area contributed by atoms with Crippen molar-refractivity contribution in [2.45, 2.75) is 50.1 Å². The smallest absolute Gasteiger partial charge is 0.252 e. The standard InChI is InChI=1S/C19H23BrN2O4S/c1-13-5-2-3-7-18(13)22-19(23)16-11-15(8-9-17(16)20)27(24,25)21-12-14-6-4-10-26-14/h4,6,8-11,13,18,21H,2-3,5,7,12H2,1H3,(H,22,23). The summed E-state index contributed by atoms with van der Waals surface area (Å²) in [5.41, 5.74) is 0.314. The summed E-state index contributed by atoms with van der Waals surface area (Å²) in [5.74, 6) is 0.673. The lowest BCUT2D eigenvalue weighted by molar-refractivity contribution is 0.0909. The Morgan fingerprint density at radius 3 is 2.74 bits per heavy atom. The van der Waals surface area contributed by atoms with Gasteiger partial charge in [-0.3, -0.25) is 4.79 Å². The van der Waals surface area contributed by atoms with Crippen molar-refractivity contribution in [1.29, 1.82) is 0 Å². The van der Waals surface area contributed by atoms with Gasteiger partial charge >= 0.3 is 0 Å². The van der Waals surface area contributed by atoms with Crippen LogP contribution in [0, 0.1) is 5.92 Å². The first-order valence-corrected chi connectivity index (χ1v) is 11.3. The largest absolute Gasteiger partial charge is 0.468 e. The van der Waals surface area contributed by atoms with E-state index in [1.54, 1.807) is 18.2 Å². The third kappa shape index (κ3) is 5.00. The van der Waals surface area contributed by atoms with Crippen LogP contribution in [-0.2, 0) is 16.6 Å². The molecule has 0 aliphatic heterocycles. The Hall–Kier alpha value is -1.64. The van der Waals surface area contributed by atoms with Crippen LogP contribution in [0.25, 0.3) is 0 Å². The quantitative estimate of drug-likeness (QED) is 0.693. The van der Waals surface area contributed by atoms with Crippen LogP contribution in [0.5, 0.6) is 0 Å². The number of amides is 1. The normalized spacial score (nSPS) is 20.4. The van der Waals surface area contributed by atoms with Gasteiger partial charge in [-0.05, 0) is 65.0 Å². The van der Waals surface area contributed by atoms with E-state index in [0.29, 0.717) is 21.7 Å². The highest BCUT2D eigenvalue weighted by molar-refractivity contribution is 9.10. The monoisotopic (exact) mass is 454 g/mol. The zero-order valence-corrected chi connectivity index (χ0v) is 17.5. The number of rotatable bonds is 6. The maximum Gasteiger partial charge on any atom is 0.252 e. The van der Waals surface area contributed by atoms with Gasteiger partial charge in [-0.25, -0.2) is 13.1 Å². The summed E-state index contributed by atoms with van der Waals surface area (Å²) in [5, 5.41) is 3.06. The van der Waals surface area contributed by atoms with E-state index in [9.17, 15) is 13.2 Å². The van der Waals surface area contributed by atoms with Crippen LogP contribution in [0.3, 0.4) is 0 Å². The van der Waals surface area contributed by atoms with E-state index in [4.69, 9.17) is 4.42 Å². The van der Waals surface area contributed by atoms with Gasteiger partial charge in [-0.1, -0.05) is 19.8 Å². The van der Waals surface area contributed by atoms with Crippen molar-refractivity contribution < 1.29 is 17.6 Å². The highest BCUT2D eigenvalue weighted by Gasteiger charge is 2.25. The van der Waals surface area contributed by atoms with Crippen molar-refractivity contribution in [3.8, 4) is 0 Å². The van der Waals surface area contributed by atoms with E-state index in [1.807, 2.05) is 0 Å². The van der Waals surface area contributed by atoms with Gasteiger partial charge < -0.3 is 9.73 Å². The average Bonchev–Trinajstić information content (AvgIpc) is 3.16. The molecule has 2 unspecified atom stereocenters. The third-order valence-corrected chi connectivity index (χ3v) is 7.03. The molecule has 1 aromatic heterocycles. The average molecular weight is 455 g/mol. The molecule has 2 atom stereocenters. The molecule has 146 valence electrons. The lowest BCUT2D eigenvalue weighted by atomic mass is 9.86. The summed E-state index contributed by atoms with van der Waals surface area (Å²) in [7, 11) is -3.76. The molecule has 1 aliphatic carbocycles. The molecule has 3 rings (SSSR count). The summed E-state index contributed by atoms with van der Waals surface area (Å²) < 4.78 is 33.3. The number of furan rings is 1. The molecule has 1 aromatic carbocycles. The Balaban J connectivity index is 1.75. The van der Waals surface area contributed by atoms with Crippen molar-refractivity contribution in [2.75, 3.05) is 0 Å². The topological polar surface area (TPSA) is 88.4 Å². The minimum absolute atomic E-state index is 0.0408. The molecule has 8 heteroatoms. The van der Waals surface area contributed by atoms with Gasteiger partial charge in [0.15, 0.2) is 0 Å². The minimum atomic E-state index is -3.76. The molecular weight excluding hydrogens is 432 g/mol. The molecule has 1 saturated carbocycles. The first-order valence-electron chi connectivity index (χ1n) is 8.99. The summed E-state index contributed by atoms with van der Waals surface area (Å²) in [4.78, 5) is 12.8. The third-order valence-electron chi connectivity index (χ3n) is 4.94. The molecule has 1 aliphatic rings. The van der Waals surface area contributed by atoms with Gasteiger partial charge in [0.25, 0.3) is 5.91 Å². The van der Waals surface area contributed by atoms with E-state index >= 15 is 0 Å². The summed E-state index contributed by atoms with van der Waals surface area (Å²) in [6.45, 7) is 2.19. The molecule has 0 bridgehead atoms. The molecule has 0 spiro atoms. The zero-order valence-electron chi connectivity index (χ0n) is 15.1. The molecule has 1 heterocycles. The number of halogens is 1. The second kappa shape index (κ2) is 8.58. The van der Waals surface area contributed by atoms with Crippen molar-refractivity contribution in [1.82, 2.24) is 10.0 Å². The van der Waals surface area contributed by atoms with Crippen LogP contribution < -0.4 is 10.0 Å². The second-order valence-electron chi connectivity index (χ2n) is 6.89. The number of benzene rings is 1. The number of hydrogen-bond acceptors (Lipinski definition) is 4. The Labute approximate surface area is 167 Å². The van der Waals surface area contributed by atoms with Crippen LogP contribution in [0.4, 0.5) is 0 Å². The maximum absolute atomic E-state index is 12.7. The van der Waals surface area contributed by atoms with E-state index in [0.717, 1.165) is 19.3 Å². The van der Waals surface area contributed by atoms with Gasteiger partial charge in [0.2, 0.25) is 10.0 Å². The number of nitrogens with one attached hydrogen (secondary N) is 2. The molecule has 0 saturated heterocycles. The number of hydrogen-bond donors (Lipinski definition) is 2. The molecule has 27 heavy (non-hydrogen) atoms. The molecule has 1 amide bonds. The van der Waals surface area contributed by atoms with Crippen LogP contribution in [0.1, 0.15) is 48.7 Å². The lowest BCUT2D eigenvalue weighted by Gasteiger charge is -2.29. The Kier molecular flexibility index (Phi) is 6.39. The van der Waals surface area contributed by atoms with Crippen molar-refractivity contribution in [3.63, 3.8) is 0 Å². The maximum atomic E-state index is 12.7. The van der Waals surface area contributed by atoms with E-state index in [1.165, 1.54) is 24.8 Å². The summed E-state index contributed by atoms with van der Waals surface area (Å²) in [6, 6.07) is 7.95. The van der Waals surface area contributed by atoms with Gasteiger partial charge in [0.05, 0.1) is 23.3 Å². The molecule has 1 fully saturated rings. The van der Waals surface area contributed by atoms with Gasteiger partial charge in [-0.15, -0.1) is 0 Å². The Bertz CT molecular complexity index is 896. The van der Waals surface area contributed by atoms with Crippen molar-refractivity contribution in [3.05, 3.63) is 52.4 Å². The molecular formula is C19H23BrN2O4S. The van der Waals surface area contributed by atoms with Gasteiger partial charge in [0, 0.05) is 10.5 Å². The highest BCUT2D eigenvalue weighted by Crippen LogP contribution is 2.26. The number of carbonyl (C=O) groups excluding carboxylic acids is 1. The minimum Gasteiger partial charge on any atom is -0.468 e. The number of carbonyl (C=O) groups is 1. The Morgan fingerprint density at radius 2 is 2.04 bits per heavy atom. The molecule has 6 nitrogen and oxygen atoms in total. The molecule has 2 N–H and O–H groups in total. The predicted molar refractivity (Wildman–Crippen MR) is 106 cm³/mol. The van der Waals surface area contributed by atoms with E-state index < -0.39 is 10.0 Å². The van der Waals surface area contributed by atoms with Crippen LogP contribution in [0.15, 0.2) is 50.4 Å². The number of sulfonamides is 1. The Morgan fingerprint density at radius 1 is 1.26 bits per heavy atom. The van der Waals surface area contributed by atoms with Crippen LogP contribution >= 0.6 is 15.9 Å². The van der Waals surface area contributed by atoms with Gasteiger partial charge in [0.1, 0.15) is 5.76 Å². The SMILES string of the molecule is CC1CCCCC1NC(=O)c1cc(S(=O)(=O)NCc2ccco2)ccc1Br. The lowest BCUT2D eigenvalue weighted by Crippen LogP contribution is -2.41. The fourth-order valence-electron chi connectivity index (χ4n) is 3.29. The van der Waals surface area contributed by atoms with Gasteiger partial charge in [-0.2, -0.15) is 0 Å². The highest BCUT2D eigenvalue weighted by atomic mass is 79.9. The van der Waals surface area contributed by atoms with Crippen molar-refractivity contribution in [2.24, 2.45) is 5.92 Å². The van der Waals surface area contributed by atoms with E-state index in [2.05, 4.69) is 32.9 Å². The van der Waals surface area contributed by atoms with Crippen LogP contribution in [-0.4, -0.2) is 20.4 Å². The second-order valence-corrected chi connectivity index (χ2v) is 9.51. The summed E-state index contributed by atoms with van der Waals surface area (Å²) >= 11 is 3.36. The zero-order chi connectivity index (χ0) is 19.4. The van der Waals surface area contributed by atoms with Crippen LogP contribution in [0.2, 0.25) is 0 Å². The first kappa shape index (κ1) is 20.1. The van der Waals surface area contributed by atoms with Crippen molar-refractivity contribution >= 4 is 31.9 Å². The molecule has 0 radical (unpaired) electrons. The summed E-state index contributed by atoms with van der Waals surface area (Å²) in [6.07, 6.45) is 5.82. The predicted octanol–water partition coefficient (Wildman–Crippen LogP) is 3.83. The molecule has 2 aromatic rings. The van der Waals surface area contributed by atoms with E-state index in [-0.39, 0.29) is 23.4 Å². The fourth-order valence-corrected chi connectivity index (χ4v) is 4.73. The first-order chi connectivity index (χ1) is 12.9.